The lowest BCUT2D eigenvalue weighted by atomic mass is 10.1. The molecule has 4 aromatic rings. The molecule has 1 N–H and O–H groups in total. The van der Waals surface area contributed by atoms with Crippen LogP contribution in [0.25, 0.3) is 28.1 Å². The summed E-state index contributed by atoms with van der Waals surface area (Å²) in [6.45, 7) is 5.15. The zero-order valence-corrected chi connectivity index (χ0v) is 19.2. The van der Waals surface area contributed by atoms with E-state index in [1.54, 1.807) is 4.52 Å². The molecule has 0 radical (unpaired) electrons. The van der Waals surface area contributed by atoms with E-state index in [4.69, 9.17) is 24.8 Å². The van der Waals surface area contributed by atoms with E-state index in [0.29, 0.717) is 35.8 Å². The minimum atomic E-state index is -0.127. The number of amides is 1. The first kappa shape index (κ1) is 21.0. The van der Waals surface area contributed by atoms with Crippen molar-refractivity contribution in [1.29, 1.82) is 0 Å². The van der Waals surface area contributed by atoms with Gasteiger partial charge in [0.2, 0.25) is 0 Å². The van der Waals surface area contributed by atoms with Crippen molar-refractivity contribution in [3.8, 4) is 11.4 Å². The van der Waals surface area contributed by atoms with Gasteiger partial charge in [-0.2, -0.15) is 0 Å². The van der Waals surface area contributed by atoms with Gasteiger partial charge in [0.1, 0.15) is 17.2 Å². The largest absolute Gasteiger partial charge is 0.381 e. The van der Waals surface area contributed by atoms with E-state index >= 15 is 0 Å². The number of ether oxygens (including phenoxy) is 1. The van der Waals surface area contributed by atoms with E-state index in [2.05, 4.69) is 10.2 Å². The fourth-order valence-electron chi connectivity index (χ4n) is 4.78. The second-order valence-corrected chi connectivity index (χ2v) is 9.01. The molecule has 0 saturated carbocycles. The van der Waals surface area contributed by atoms with E-state index in [1.165, 1.54) is 0 Å². The van der Waals surface area contributed by atoms with Crippen molar-refractivity contribution < 1.29 is 9.53 Å². The first-order valence-corrected chi connectivity index (χ1v) is 11.9. The molecule has 174 valence electrons. The van der Waals surface area contributed by atoms with Gasteiger partial charge in [0.25, 0.3) is 5.91 Å². The van der Waals surface area contributed by atoms with Crippen LogP contribution >= 0.6 is 0 Å². The summed E-state index contributed by atoms with van der Waals surface area (Å²) < 4.78 is 7.16. The summed E-state index contributed by atoms with van der Waals surface area (Å²) >= 11 is 0. The molecule has 1 amide bonds. The van der Waals surface area contributed by atoms with Crippen LogP contribution in [0.15, 0.2) is 36.5 Å². The molecule has 3 aromatic heterocycles. The lowest BCUT2D eigenvalue weighted by Crippen LogP contribution is -2.39. The van der Waals surface area contributed by atoms with Crippen LogP contribution in [-0.4, -0.2) is 62.8 Å². The Morgan fingerprint density at radius 2 is 1.79 bits per heavy atom. The molecule has 9 nitrogen and oxygen atoms in total. The topological polar surface area (TPSA) is 97.5 Å². The first-order chi connectivity index (χ1) is 16.7. The van der Waals surface area contributed by atoms with Crippen LogP contribution in [0.3, 0.4) is 0 Å². The number of rotatable bonds is 4. The number of para-hydroxylation sites is 2. The highest BCUT2D eigenvalue weighted by molar-refractivity contribution is 6.01. The number of nitrogens with zero attached hydrogens (tertiary/aromatic N) is 6. The van der Waals surface area contributed by atoms with Crippen LogP contribution in [0, 0.1) is 6.92 Å². The number of aromatic nitrogens is 5. The van der Waals surface area contributed by atoms with E-state index in [1.807, 2.05) is 43.5 Å². The quantitative estimate of drug-likeness (QED) is 0.503. The van der Waals surface area contributed by atoms with Gasteiger partial charge in [-0.1, -0.05) is 12.1 Å². The molecule has 0 atom stereocenters. The van der Waals surface area contributed by atoms with Gasteiger partial charge in [-0.3, -0.25) is 4.79 Å². The van der Waals surface area contributed by atoms with Crippen LogP contribution in [-0.2, 0) is 4.74 Å². The molecule has 6 rings (SSSR count). The molecule has 2 aliphatic heterocycles. The summed E-state index contributed by atoms with van der Waals surface area (Å²) in [7, 11) is 0. The third-order valence-corrected chi connectivity index (χ3v) is 6.63. The highest BCUT2D eigenvalue weighted by Gasteiger charge is 2.24. The van der Waals surface area contributed by atoms with Crippen molar-refractivity contribution in [3.05, 3.63) is 47.8 Å². The van der Waals surface area contributed by atoms with Gasteiger partial charge < -0.3 is 15.0 Å². The molecule has 5 heterocycles. The Bertz CT molecular complexity index is 1370. The minimum absolute atomic E-state index is 0.104. The summed E-state index contributed by atoms with van der Waals surface area (Å²) in [4.78, 5) is 30.0. The van der Waals surface area contributed by atoms with E-state index in [0.717, 1.165) is 61.3 Å². The van der Waals surface area contributed by atoms with Crippen LogP contribution in [0.4, 0.5) is 5.82 Å². The van der Waals surface area contributed by atoms with Gasteiger partial charge >= 0.3 is 0 Å². The molecule has 2 saturated heterocycles. The molecule has 9 heteroatoms. The molecule has 2 aliphatic rings. The monoisotopic (exact) mass is 457 g/mol. The number of benzene rings is 1. The molecule has 0 unspecified atom stereocenters. The lowest BCUT2D eigenvalue weighted by molar-refractivity contribution is 0.0697. The Morgan fingerprint density at radius 1 is 1.06 bits per heavy atom. The Balaban J connectivity index is 1.45. The number of nitrogens with one attached hydrogen (secondary N) is 1. The fraction of sp³-hybridized carbons (Fsp3) is 0.400. The normalized spacial score (nSPS) is 17.0. The van der Waals surface area contributed by atoms with Gasteiger partial charge in [0.15, 0.2) is 5.65 Å². The third-order valence-electron chi connectivity index (χ3n) is 6.63. The summed E-state index contributed by atoms with van der Waals surface area (Å²) in [5, 5.41) is 8.00. The maximum atomic E-state index is 13.4. The number of aryl methyl sites for hydroxylation is 1. The number of carbonyl (C=O) groups is 1. The standard InChI is InChI=1S/C25H27N7O2/c1-16-23(28-20-7-3-2-6-19(20)26-16)21-15-32-24(29-21)18(14-22(30-32)31-10-4-5-11-31)25(33)27-17-8-12-34-13-9-17/h2-3,6-7,14-15,17H,4-5,8-13H2,1H3,(H,27,33). The maximum Gasteiger partial charge on any atom is 0.255 e. The second-order valence-electron chi connectivity index (χ2n) is 9.01. The summed E-state index contributed by atoms with van der Waals surface area (Å²) in [6, 6.07) is 9.78. The summed E-state index contributed by atoms with van der Waals surface area (Å²) in [5.41, 5.74) is 4.85. The Morgan fingerprint density at radius 3 is 2.56 bits per heavy atom. The summed E-state index contributed by atoms with van der Waals surface area (Å²) in [6.07, 6.45) is 5.75. The molecule has 2 fully saturated rings. The van der Waals surface area contributed by atoms with Crippen LogP contribution in [0.1, 0.15) is 41.7 Å². The fourth-order valence-corrected chi connectivity index (χ4v) is 4.78. The SMILES string of the molecule is Cc1nc2ccccc2nc1-c1cn2nc(N3CCCC3)cc(C(=O)NC3CCOCC3)c2n1. The average Bonchev–Trinajstić information content (AvgIpc) is 3.54. The minimum Gasteiger partial charge on any atom is -0.381 e. The van der Waals surface area contributed by atoms with Crippen molar-refractivity contribution >= 4 is 28.4 Å². The number of anilines is 1. The number of imidazole rings is 1. The van der Waals surface area contributed by atoms with Crippen molar-refractivity contribution in [2.75, 3.05) is 31.2 Å². The van der Waals surface area contributed by atoms with Crippen LogP contribution in [0.5, 0.6) is 0 Å². The predicted octanol–water partition coefficient (Wildman–Crippen LogP) is 3.16. The Hall–Kier alpha value is -3.59. The lowest BCUT2D eigenvalue weighted by Gasteiger charge is -2.23. The van der Waals surface area contributed by atoms with Crippen molar-refractivity contribution in [1.82, 2.24) is 29.9 Å². The zero-order chi connectivity index (χ0) is 23.1. The van der Waals surface area contributed by atoms with E-state index in [-0.39, 0.29) is 11.9 Å². The molecule has 1 aromatic carbocycles. The van der Waals surface area contributed by atoms with Gasteiger partial charge in [-0.25, -0.2) is 19.5 Å². The third kappa shape index (κ3) is 3.86. The average molecular weight is 458 g/mol. The van der Waals surface area contributed by atoms with Crippen LogP contribution < -0.4 is 10.2 Å². The molecule has 0 spiro atoms. The van der Waals surface area contributed by atoms with Crippen molar-refractivity contribution in [2.45, 2.75) is 38.6 Å². The first-order valence-electron chi connectivity index (χ1n) is 11.9. The van der Waals surface area contributed by atoms with E-state index in [9.17, 15) is 4.79 Å². The Labute approximate surface area is 197 Å². The zero-order valence-electron chi connectivity index (χ0n) is 19.2. The highest BCUT2D eigenvalue weighted by atomic mass is 16.5. The summed E-state index contributed by atoms with van der Waals surface area (Å²) in [5.74, 6) is 0.672. The molecule has 34 heavy (non-hydrogen) atoms. The highest BCUT2D eigenvalue weighted by Crippen LogP contribution is 2.26. The van der Waals surface area contributed by atoms with Gasteiger partial charge in [-0.05, 0) is 50.8 Å². The van der Waals surface area contributed by atoms with Gasteiger partial charge in [0.05, 0.1) is 28.5 Å². The number of hydrogen-bond acceptors (Lipinski definition) is 7. The number of hydrogen-bond donors (Lipinski definition) is 1. The molecular weight excluding hydrogens is 430 g/mol. The van der Waals surface area contributed by atoms with Crippen LogP contribution in [0.2, 0.25) is 0 Å². The van der Waals surface area contributed by atoms with E-state index < -0.39 is 0 Å². The second kappa shape index (κ2) is 8.64. The number of carbonyl (C=O) groups excluding carboxylic acids is 1. The number of fused-ring (bicyclic) bond motifs is 2. The molecule has 0 bridgehead atoms. The van der Waals surface area contributed by atoms with Gasteiger partial charge in [0, 0.05) is 32.3 Å². The maximum absolute atomic E-state index is 13.4. The van der Waals surface area contributed by atoms with Gasteiger partial charge in [-0.15, -0.1) is 5.10 Å². The predicted molar refractivity (Wildman–Crippen MR) is 129 cm³/mol. The smallest absolute Gasteiger partial charge is 0.255 e. The van der Waals surface area contributed by atoms with Crippen molar-refractivity contribution in [2.24, 2.45) is 0 Å². The van der Waals surface area contributed by atoms with Crippen molar-refractivity contribution in [3.63, 3.8) is 0 Å². The Kier molecular flexibility index (Phi) is 5.33. The molecule has 0 aliphatic carbocycles. The molecular formula is C25H27N7O2.